The van der Waals surface area contributed by atoms with Crippen molar-refractivity contribution in [2.24, 2.45) is 0 Å². The number of amides is 1. The molecule has 1 atom stereocenters. The van der Waals surface area contributed by atoms with Crippen molar-refractivity contribution < 1.29 is 9.53 Å². The summed E-state index contributed by atoms with van der Waals surface area (Å²) in [6.07, 6.45) is 7.09. The maximum atomic E-state index is 13.0. The summed E-state index contributed by atoms with van der Waals surface area (Å²) < 4.78 is 7.54. The van der Waals surface area contributed by atoms with Crippen LogP contribution in [0.4, 0.5) is 0 Å². The molecule has 1 aliphatic heterocycles. The van der Waals surface area contributed by atoms with E-state index >= 15 is 0 Å². The summed E-state index contributed by atoms with van der Waals surface area (Å²) in [5.74, 6) is 1.23. The van der Waals surface area contributed by atoms with E-state index in [4.69, 9.17) is 9.72 Å². The zero-order chi connectivity index (χ0) is 21.2. The van der Waals surface area contributed by atoms with Gasteiger partial charge < -0.3 is 10.1 Å². The number of ether oxygens (including phenoxy) is 1. The van der Waals surface area contributed by atoms with Crippen molar-refractivity contribution in [3.05, 3.63) is 69.8 Å². The lowest BCUT2D eigenvalue weighted by Crippen LogP contribution is -2.34. The molecule has 0 bridgehead atoms. The minimum absolute atomic E-state index is 0.0179. The molecule has 3 aromatic rings. The van der Waals surface area contributed by atoms with Crippen LogP contribution >= 0.6 is 0 Å². The lowest BCUT2D eigenvalue weighted by atomic mass is 9.88. The fraction of sp³-hybridized carbons (Fsp3) is 0.400. The molecule has 1 amide bonds. The smallest absolute Gasteiger partial charge is 0.261 e. The fourth-order valence-corrected chi connectivity index (χ4v) is 4.78. The first-order chi connectivity index (χ1) is 15.2. The molecule has 0 saturated carbocycles. The normalized spacial score (nSPS) is 18.0. The van der Waals surface area contributed by atoms with Crippen LogP contribution < -0.4 is 15.6 Å². The molecular weight excluding hydrogens is 390 g/mol. The summed E-state index contributed by atoms with van der Waals surface area (Å²) in [4.78, 5) is 30.2. The van der Waals surface area contributed by atoms with E-state index in [0.29, 0.717) is 23.2 Å². The topological polar surface area (TPSA) is 73.2 Å². The van der Waals surface area contributed by atoms with Crippen LogP contribution in [0.25, 0.3) is 10.9 Å². The molecule has 6 heteroatoms. The molecule has 1 N–H and O–H groups in total. The second-order valence-electron chi connectivity index (χ2n) is 8.47. The number of nitrogens with one attached hydrogen (secondary N) is 1. The van der Waals surface area contributed by atoms with E-state index in [1.54, 1.807) is 16.7 Å². The minimum atomic E-state index is -0.154. The van der Waals surface area contributed by atoms with E-state index < -0.39 is 0 Å². The van der Waals surface area contributed by atoms with Crippen molar-refractivity contribution in [2.45, 2.75) is 57.5 Å². The van der Waals surface area contributed by atoms with Crippen molar-refractivity contribution in [2.75, 3.05) is 6.61 Å². The highest BCUT2D eigenvalue weighted by Crippen LogP contribution is 2.29. The van der Waals surface area contributed by atoms with Gasteiger partial charge in [-0.2, -0.15) is 0 Å². The van der Waals surface area contributed by atoms with Gasteiger partial charge in [0.1, 0.15) is 11.6 Å². The Labute approximate surface area is 181 Å². The molecule has 2 heterocycles. The molecule has 1 unspecified atom stereocenters. The molecule has 2 aliphatic rings. The summed E-state index contributed by atoms with van der Waals surface area (Å²) in [5, 5.41) is 3.65. The minimum Gasteiger partial charge on any atom is -0.484 e. The van der Waals surface area contributed by atoms with E-state index in [1.165, 1.54) is 11.1 Å². The van der Waals surface area contributed by atoms with Gasteiger partial charge in [-0.15, -0.1) is 0 Å². The summed E-state index contributed by atoms with van der Waals surface area (Å²) in [6.45, 7) is 0.636. The Bertz CT molecular complexity index is 1180. The third kappa shape index (κ3) is 4.07. The zero-order valence-corrected chi connectivity index (χ0v) is 17.6. The highest BCUT2D eigenvalue weighted by molar-refractivity contribution is 5.80. The van der Waals surface area contributed by atoms with E-state index in [-0.39, 0.29) is 24.1 Å². The van der Waals surface area contributed by atoms with Gasteiger partial charge in [0.05, 0.1) is 16.9 Å². The third-order valence-corrected chi connectivity index (χ3v) is 6.36. The summed E-state index contributed by atoms with van der Waals surface area (Å²) in [7, 11) is 0. The van der Waals surface area contributed by atoms with Crippen LogP contribution in [0.3, 0.4) is 0 Å². The standard InChI is InChI=1S/C25H27N3O3/c29-24(27-21-10-6-8-17-7-3-4-9-19(17)21)16-31-18-12-13-22-20(15-18)25(30)28-14-5-1-2-11-23(28)26-22/h3-4,7,9,12-13,15,21H,1-2,5-6,8,10-11,14,16H2,(H,27,29). The van der Waals surface area contributed by atoms with Crippen LogP contribution in [0.2, 0.25) is 0 Å². The maximum Gasteiger partial charge on any atom is 0.261 e. The summed E-state index contributed by atoms with van der Waals surface area (Å²) in [6, 6.07) is 13.6. The van der Waals surface area contributed by atoms with E-state index in [2.05, 4.69) is 17.4 Å². The van der Waals surface area contributed by atoms with E-state index in [9.17, 15) is 9.59 Å². The fourth-order valence-electron chi connectivity index (χ4n) is 4.78. The van der Waals surface area contributed by atoms with Gasteiger partial charge in [-0.3, -0.25) is 14.2 Å². The Morgan fingerprint density at radius 1 is 1.10 bits per heavy atom. The van der Waals surface area contributed by atoms with Crippen LogP contribution in [0, 0.1) is 0 Å². The van der Waals surface area contributed by atoms with Crippen LogP contribution in [-0.2, 0) is 24.2 Å². The Morgan fingerprint density at radius 2 is 2.00 bits per heavy atom. The number of benzene rings is 2. The second kappa shape index (κ2) is 8.53. The van der Waals surface area contributed by atoms with Gasteiger partial charge in [0, 0.05) is 13.0 Å². The van der Waals surface area contributed by atoms with Crippen LogP contribution in [0.15, 0.2) is 47.3 Å². The highest BCUT2D eigenvalue weighted by atomic mass is 16.5. The molecule has 0 spiro atoms. The monoisotopic (exact) mass is 417 g/mol. The first-order valence-electron chi connectivity index (χ1n) is 11.2. The maximum absolute atomic E-state index is 13.0. The Morgan fingerprint density at radius 3 is 2.94 bits per heavy atom. The van der Waals surface area contributed by atoms with E-state index in [0.717, 1.165) is 50.8 Å². The first-order valence-corrected chi connectivity index (χ1v) is 11.2. The van der Waals surface area contributed by atoms with Crippen LogP contribution in [0.5, 0.6) is 5.75 Å². The predicted molar refractivity (Wildman–Crippen MR) is 119 cm³/mol. The van der Waals surface area contributed by atoms with Crippen molar-refractivity contribution in [1.82, 2.24) is 14.9 Å². The molecule has 2 aromatic carbocycles. The third-order valence-electron chi connectivity index (χ3n) is 6.36. The lowest BCUT2D eigenvalue weighted by Gasteiger charge is -2.26. The van der Waals surface area contributed by atoms with Gasteiger partial charge in [0.2, 0.25) is 0 Å². The highest BCUT2D eigenvalue weighted by Gasteiger charge is 2.21. The molecule has 5 rings (SSSR count). The van der Waals surface area contributed by atoms with Gasteiger partial charge in [0.25, 0.3) is 11.5 Å². The van der Waals surface area contributed by atoms with Crippen LogP contribution in [0.1, 0.15) is 55.1 Å². The molecule has 0 radical (unpaired) electrons. The molecule has 1 aromatic heterocycles. The Hall–Kier alpha value is -3.15. The zero-order valence-electron chi connectivity index (χ0n) is 17.6. The number of rotatable bonds is 4. The van der Waals surface area contributed by atoms with Gasteiger partial charge in [-0.05, 0) is 61.4 Å². The van der Waals surface area contributed by atoms with E-state index in [1.807, 2.05) is 18.2 Å². The largest absolute Gasteiger partial charge is 0.484 e. The predicted octanol–water partition coefficient (Wildman–Crippen LogP) is 3.70. The van der Waals surface area contributed by atoms with Gasteiger partial charge in [0.15, 0.2) is 6.61 Å². The van der Waals surface area contributed by atoms with Gasteiger partial charge in [-0.1, -0.05) is 30.7 Å². The number of carbonyl (C=O) groups is 1. The Kier molecular flexibility index (Phi) is 5.45. The van der Waals surface area contributed by atoms with Gasteiger partial charge in [-0.25, -0.2) is 4.98 Å². The molecule has 0 fully saturated rings. The molecule has 160 valence electrons. The number of nitrogens with zero attached hydrogens (tertiary/aromatic N) is 2. The lowest BCUT2D eigenvalue weighted by molar-refractivity contribution is -0.123. The number of hydrogen-bond acceptors (Lipinski definition) is 4. The summed E-state index contributed by atoms with van der Waals surface area (Å²) in [5.41, 5.74) is 3.18. The number of fused-ring (bicyclic) bond motifs is 3. The Balaban J connectivity index is 1.29. The second-order valence-corrected chi connectivity index (χ2v) is 8.47. The quantitative estimate of drug-likeness (QED) is 0.703. The number of aryl methyl sites for hydroxylation is 2. The molecule has 1 aliphatic carbocycles. The SMILES string of the molecule is O=C(COc1ccc2nc3n(c(=O)c2c1)CCCCC3)NC1CCCc2ccccc21. The molecule has 6 nitrogen and oxygen atoms in total. The number of hydrogen-bond donors (Lipinski definition) is 1. The van der Waals surface area contributed by atoms with Crippen molar-refractivity contribution in [3.8, 4) is 5.75 Å². The molecule has 0 saturated heterocycles. The first kappa shape index (κ1) is 19.8. The van der Waals surface area contributed by atoms with Crippen molar-refractivity contribution >= 4 is 16.8 Å². The van der Waals surface area contributed by atoms with Gasteiger partial charge >= 0.3 is 0 Å². The average Bonchev–Trinajstić information content (AvgIpc) is 3.04. The molecular formula is C25H27N3O3. The molecule has 31 heavy (non-hydrogen) atoms. The van der Waals surface area contributed by atoms with Crippen molar-refractivity contribution in [3.63, 3.8) is 0 Å². The van der Waals surface area contributed by atoms with Crippen LogP contribution in [-0.4, -0.2) is 22.1 Å². The summed E-state index contributed by atoms with van der Waals surface area (Å²) >= 11 is 0. The van der Waals surface area contributed by atoms with Crippen molar-refractivity contribution in [1.29, 1.82) is 0 Å². The number of aromatic nitrogens is 2. The number of carbonyl (C=O) groups excluding carboxylic acids is 1. The average molecular weight is 418 g/mol.